The third-order valence-electron chi connectivity index (χ3n) is 3.89. The van der Waals surface area contributed by atoms with Gasteiger partial charge in [0, 0.05) is 18.2 Å². The highest BCUT2D eigenvalue weighted by Gasteiger charge is 2.15. The van der Waals surface area contributed by atoms with Crippen molar-refractivity contribution in [3.63, 3.8) is 0 Å². The van der Waals surface area contributed by atoms with Gasteiger partial charge in [-0.3, -0.25) is 4.79 Å². The Hall–Kier alpha value is -2.08. The van der Waals surface area contributed by atoms with Crippen LogP contribution in [0, 0.1) is 5.92 Å². The molecule has 0 spiro atoms. The molecule has 0 fully saturated rings. The Morgan fingerprint density at radius 1 is 1.38 bits per heavy atom. The van der Waals surface area contributed by atoms with E-state index in [-0.39, 0.29) is 11.8 Å². The van der Waals surface area contributed by atoms with Crippen LogP contribution in [-0.4, -0.2) is 29.5 Å². The normalized spacial score (nSPS) is 11.9. The smallest absolute Gasteiger partial charge is 0.227 e. The molecule has 0 atom stereocenters. The number of nitrogens with one attached hydrogen (secondary N) is 2. The molecule has 134 valence electrons. The highest BCUT2D eigenvalue weighted by atomic mass is 16.3. The van der Waals surface area contributed by atoms with Crippen LogP contribution in [0.3, 0.4) is 0 Å². The molecule has 0 saturated heterocycles. The van der Waals surface area contributed by atoms with Crippen LogP contribution in [0.2, 0.25) is 0 Å². The molecule has 0 bridgehead atoms. The Kier molecular flexibility index (Phi) is 7.71. The predicted octanol–water partition coefficient (Wildman–Crippen LogP) is 3.25. The van der Waals surface area contributed by atoms with Gasteiger partial charge in [-0.25, -0.2) is 4.99 Å². The number of hydrogen-bond acceptors (Lipinski definition) is 4. The molecule has 1 rings (SSSR count). The molecule has 0 heterocycles. The number of hydrogen-bond donors (Lipinski definition) is 4. The Morgan fingerprint density at radius 2 is 2.04 bits per heavy atom. The fourth-order valence-electron chi connectivity index (χ4n) is 2.35. The number of carbonyl (C=O) groups excluding carboxylic acids is 1. The summed E-state index contributed by atoms with van der Waals surface area (Å²) >= 11 is 0. The van der Waals surface area contributed by atoms with Crippen LogP contribution < -0.4 is 16.4 Å². The average Bonchev–Trinajstić information content (AvgIpc) is 2.49. The van der Waals surface area contributed by atoms with Crippen molar-refractivity contribution >= 4 is 29.3 Å². The molecule has 5 N–H and O–H groups in total. The molecule has 0 aliphatic rings. The number of nitrogens with two attached hydrogens (primary N) is 1. The van der Waals surface area contributed by atoms with E-state index in [9.17, 15) is 9.90 Å². The van der Waals surface area contributed by atoms with Crippen LogP contribution in [0.4, 0.5) is 17.1 Å². The van der Waals surface area contributed by atoms with Crippen LogP contribution >= 0.6 is 0 Å². The first-order chi connectivity index (χ1) is 11.3. The summed E-state index contributed by atoms with van der Waals surface area (Å²) in [7, 11) is 0. The van der Waals surface area contributed by atoms with Gasteiger partial charge in [0.05, 0.1) is 23.3 Å². The van der Waals surface area contributed by atoms with E-state index in [1.165, 1.54) is 6.34 Å². The standard InChI is InChI=1S/C18H30N4O2/c1-5-13(6-2)17(23)22-14-7-8-15(16(11-14)21-12-19)20-10-9-18(3,4)24/h7-8,11-13,20,24H,5-6,9-10H2,1-4H3,(H2,19,21)(H,22,23). The van der Waals surface area contributed by atoms with Gasteiger partial charge < -0.3 is 21.5 Å². The first kappa shape index (κ1) is 20.0. The van der Waals surface area contributed by atoms with Crippen molar-refractivity contribution in [1.29, 1.82) is 0 Å². The molecule has 0 unspecified atom stereocenters. The highest BCUT2D eigenvalue weighted by molar-refractivity contribution is 5.93. The van der Waals surface area contributed by atoms with E-state index < -0.39 is 5.60 Å². The summed E-state index contributed by atoms with van der Waals surface area (Å²) in [4.78, 5) is 16.3. The molecule has 0 aliphatic carbocycles. The molecule has 1 aromatic carbocycles. The van der Waals surface area contributed by atoms with Gasteiger partial charge in [0.15, 0.2) is 0 Å². The number of rotatable bonds is 9. The van der Waals surface area contributed by atoms with E-state index in [1.807, 2.05) is 26.0 Å². The van der Waals surface area contributed by atoms with Gasteiger partial charge in [0.2, 0.25) is 5.91 Å². The Labute approximate surface area is 144 Å². The predicted molar refractivity (Wildman–Crippen MR) is 101 cm³/mol. The molecule has 1 aromatic rings. The van der Waals surface area contributed by atoms with Gasteiger partial charge >= 0.3 is 0 Å². The van der Waals surface area contributed by atoms with E-state index in [1.54, 1.807) is 19.9 Å². The second-order valence-corrected chi connectivity index (χ2v) is 6.50. The number of amides is 1. The summed E-state index contributed by atoms with van der Waals surface area (Å²) in [6, 6.07) is 5.48. The number of anilines is 2. The van der Waals surface area contributed by atoms with Gasteiger partial charge in [-0.2, -0.15) is 0 Å². The third-order valence-corrected chi connectivity index (χ3v) is 3.89. The van der Waals surface area contributed by atoms with Crippen molar-refractivity contribution < 1.29 is 9.90 Å². The quantitative estimate of drug-likeness (QED) is 0.411. The lowest BCUT2D eigenvalue weighted by Crippen LogP contribution is -2.23. The summed E-state index contributed by atoms with van der Waals surface area (Å²) in [6.07, 6.45) is 3.45. The topological polar surface area (TPSA) is 99.7 Å². The largest absolute Gasteiger partial charge is 0.390 e. The zero-order valence-electron chi connectivity index (χ0n) is 15.1. The van der Waals surface area contributed by atoms with Crippen molar-refractivity contribution in [3.8, 4) is 0 Å². The van der Waals surface area contributed by atoms with Crippen molar-refractivity contribution in [2.24, 2.45) is 16.6 Å². The fraction of sp³-hybridized carbons (Fsp3) is 0.556. The summed E-state index contributed by atoms with van der Waals surface area (Å²) < 4.78 is 0. The van der Waals surface area contributed by atoms with Crippen LogP contribution in [0.5, 0.6) is 0 Å². The molecular weight excluding hydrogens is 304 g/mol. The number of aliphatic hydroxyl groups is 1. The fourth-order valence-corrected chi connectivity index (χ4v) is 2.35. The lowest BCUT2D eigenvalue weighted by molar-refractivity contribution is -0.120. The second kappa shape index (κ2) is 9.27. The second-order valence-electron chi connectivity index (χ2n) is 6.50. The van der Waals surface area contributed by atoms with Gasteiger partial charge in [-0.1, -0.05) is 13.8 Å². The Bertz CT molecular complexity index is 561. The van der Waals surface area contributed by atoms with E-state index in [2.05, 4.69) is 15.6 Å². The average molecular weight is 334 g/mol. The first-order valence-electron chi connectivity index (χ1n) is 8.46. The van der Waals surface area contributed by atoms with Crippen molar-refractivity contribution in [2.75, 3.05) is 17.2 Å². The van der Waals surface area contributed by atoms with E-state index in [0.717, 1.165) is 18.5 Å². The minimum Gasteiger partial charge on any atom is -0.390 e. The molecule has 24 heavy (non-hydrogen) atoms. The summed E-state index contributed by atoms with van der Waals surface area (Å²) in [5.74, 6) is 0.0291. The molecule has 0 radical (unpaired) electrons. The maximum absolute atomic E-state index is 12.2. The lowest BCUT2D eigenvalue weighted by Gasteiger charge is -2.18. The van der Waals surface area contributed by atoms with Crippen molar-refractivity contribution in [1.82, 2.24) is 0 Å². The highest BCUT2D eigenvalue weighted by Crippen LogP contribution is 2.29. The van der Waals surface area contributed by atoms with Crippen LogP contribution in [0.15, 0.2) is 23.2 Å². The lowest BCUT2D eigenvalue weighted by atomic mass is 10.0. The molecule has 0 saturated carbocycles. The monoisotopic (exact) mass is 334 g/mol. The van der Waals surface area contributed by atoms with Crippen LogP contribution in [0.1, 0.15) is 47.0 Å². The zero-order chi connectivity index (χ0) is 18.2. The SMILES string of the molecule is CCC(CC)C(=O)Nc1ccc(NCCC(C)(C)O)c(N=CN)c1. The van der Waals surface area contributed by atoms with E-state index in [4.69, 9.17) is 5.73 Å². The number of aliphatic imine (C=N–C) groups is 1. The maximum Gasteiger partial charge on any atom is 0.227 e. The molecule has 1 amide bonds. The van der Waals surface area contributed by atoms with Crippen molar-refractivity contribution in [2.45, 2.75) is 52.6 Å². The third kappa shape index (κ3) is 6.58. The molecule has 0 aromatic heterocycles. The summed E-state index contributed by atoms with van der Waals surface area (Å²) in [5.41, 5.74) is 6.85. The number of carbonyl (C=O) groups is 1. The zero-order valence-corrected chi connectivity index (χ0v) is 15.1. The molecular formula is C18H30N4O2. The van der Waals surface area contributed by atoms with Crippen molar-refractivity contribution in [3.05, 3.63) is 18.2 Å². The Morgan fingerprint density at radius 3 is 2.58 bits per heavy atom. The molecule has 0 aliphatic heterocycles. The molecule has 6 heteroatoms. The van der Waals surface area contributed by atoms with Gasteiger partial charge in [-0.05, 0) is 51.3 Å². The van der Waals surface area contributed by atoms with E-state index >= 15 is 0 Å². The van der Waals surface area contributed by atoms with Crippen LogP contribution in [-0.2, 0) is 4.79 Å². The maximum atomic E-state index is 12.2. The van der Waals surface area contributed by atoms with Gasteiger partial charge in [-0.15, -0.1) is 0 Å². The number of nitrogens with zero attached hydrogens (tertiary/aromatic N) is 1. The minimum absolute atomic E-state index is 0.0102. The summed E-state index contributed by atoms with van der Waals surface area (Å²) in [6.45, 7) is 8.16. The minimum atomic E-state index is -0.729. The van der Waals surface area contributed by atoms with E-state index in [0.29, 0.717) is 24.3 Å². The van der Waals surface area contributed by atoms with Crippen LogP contribution in [0.25, 0.3) is 0 Å². The first-order valence-corrected chi connectivity index (χ1v) is 8.46. The Balaban J connectivity index is 2.84. The summed E-state index contributed by atoms with van der Waals surface area (Å²) in [5, 5.41) is 15.9. The van der Waals surface area contributed by atoms with Gasteiger partial charge in [0.25, 0.3) is 0 Å². The van der Waals surface area contributed by atoms with Gasteiger partial charge in [0.1, 0.15) is 0 Å². The molecule has 6 nitrogen and oxygen atoms in total. The number of benzene rings is 1.